The maximum Gasteiger partial charge on any atom is 0.181 e. The number of aromatic nitrogens is 4. The normalized spacial score (nSPS) is 10.8. The summed E-state index contributed by atoms with van der Waals surface area (Å²) < 4.78 is 0. The van der Waals surface area contributed by atoms with Gasteiger partial charge in [0.05, 0.1) is 0 Å². The average molecular weight is 238 g/mol. The minimum absolute atomic E-state index is 0.297. The summed E-state index contributed by atoms with van der Waals surface area (Å²) in [7, 11) is 0. The highest BCUT2D eigenvalue weighted by Crippen LogP contribution is 2.21. The monoisotopic (exact) mass is 237 g/mol. The number of pyridine rings is 1. The molecule has 0 unspecified atom stereocenters. The Hall–Kier alpha value is -1.62. The molecule has 2 heterocycles. The van der Waals surface area contributed by atoms with Gasteiger partial charge in [-0.05, 0) is 26.0 Å². The summed E-state index contributed by atoms with van der Waals surface area (Å²) in [5.41, 5.74) is 0.837. The van der Waals surface area contributed by atoms with Crippen molar-refractivity contribution in [3.8, 4) is 11.4 Å². The highest BCUT2D eigenvalue weighted by molar-refractivity contribution is 6.29. The summed E-state index contributed by atoms with van der Waals surface area (Å²) >= 11 is 5.93. The van der Waals surface area contributed by atoms with E-state index in [1.807, 2.05) is 19.9 Å². The molecule has 16 heavy (non-hydrogen) atoms. The van der Waals surface area contributed by atoms with Crippen molar-refractivity contribution in [1.82, 2.24) is 20.2 Å². The third-order valence-electron chi connectivity index (χ3n) is 1.90. The molecular formula is C10H12ClN5. The SMILES string of the molecule is CC(C)Nc1cc(-c2nc[nH]n2)cc(Cl)n1. The first kappa shape index (κ1) is 10.9. The van der Waals surface area contributed by atoms with Gasteiger partial charge in [-0.15, -0.1) is 0 Å². The van der Waals surface area contributed by atoms with Gasteiger partial charge in [-0.1, -0.05) is 11.6 Å². The number of rotatable bonds is 3. The van der Waals surface area contributed by atoms with Gasteiger partial charge in [-0.25, -0.2) is 9.97 Å². The van der Waals surface area contributed by atoms with Gasteiger partial charge in [0.1, 0.15) is 17.3 Å². The highest BCUT2D eigenvalue weighted by atomic mass is 35.5. The van der Waals surface area contributed by atoms with Crippen LogP contribution in [0.3, 0.4) is 0 Å². The lowest BCUT2D eigenvalue weighted by Crippen LogP contribution is -2.11. The molecule has 2 rings (SSSR count). The largest absolute Gasteiger partial charge is 0.368 e. The van der Waals surface area contributed by atoms with Gasteiger partial charge in [-0.3, -0.25) is 5.10 Å². The van der Waals surface area contributed by atoms with Crippen LogP contribution in [0, 0.1) is 0 Å². The zero-order chi connectivity index (χ0) is 11.5. The molecule has 0 spiro atoms. The van der Waals surface area contributed by atoms with Gasteiger partial charge >= 0.3 is 0 Å². The summed E-state index contributed by atoms with van der Waals surface area (Å²) in [6, 6.07) is 3.90. The molecule has 2 aromatic heterocycles. The van der Waals surface area contributed by atoms with Crippen molar-refractivity contribution in [2.24, 2.45) is 0 Å². The lowest BCUT2D eigenvalue weighted by molar-refractivity contribution is 0.889. The Kier molecular flexibility index (Phi) is 3.05. The molecule has 84 valence electrons. The van der Waals surface area contributed by atoms with Crippen LogP contribution in [0.25, 0.3) is 11.4 Å². The van der Waals surface area contributed by atoms with Gasteiger partial charge in [0.25, 0.3) is 0 Å². The van der Waals surface area contributed by atoms with Crippen LogP contribution in [0.4, 0.5) is 5.82 Å². The Bertz CT molecular complexity index is 466. The first-order valence-corrected chi connectivity index (χ1v) is 5.33. The molecule has 0 aliphatic heterocycles. The number of halogens is 1. The van der Waals surface area contributed by atoms with E-state index in [9.17, 15) is 0 Å². The molecule has 0 amide bonds. The first-order chi connectivity index (χ1) is 7.65. The molecule has 5 nitrogen and oxygen atoms in total. The quantitative estimate of drug-likeness (QED) is 0.805. The molecule has 6 heteroatoms. The fraction of sp³-hybridized carbons (Fsp3) is 0.300. The minimum atomic E-state index is 0.297. The number of nitrogens with one attached hydrogen (secondary N) is 2. The third kappa shape index (κ3) is 2.49. The van der Waals surface area contributed by atoms with Crippen LogP contribution >= 0.6 is 11.6 Å². The molecule has 0 aromatic carbocycles. The zero-order valence-electron chi connectivity index (χ0n) is 9.03. The number of aromatic amines is 1. The van der Waals surface area contributed by atoms with Crippen LogP contribution in [0.5, 0.6) is 0 Å². The van der Waals surface area contributed by atoms with Crippen molar-refractivity contribution < 1.29 is 0 Å². The molecule has 2 aromatic rings. The van der Waals surface area contributed by atoms with Crippen molar-refractivity contribution in [2.45, 2.75) is 19.9 Å². The van der Waals surface area contributed by atoms with E-state index in [-0.39, 0.29) is 0 Å². The van der Waals surface area contributed by atoms with Gasteiger partial charge in [0, 0.05) is 11.6 Å². The maximum atomic E-state index is 5.93. The molecule has 0 atom stereocenters. The van der Waals surface area contributed by atoms with Crippen molar-refractivity contribution in [1.29, 1.82) is 0 Å². The molecule has 2 N–H and O–H groups in total. The minimum Gasteiger partial charge on any atom is -0.368 e. The summed E-state index contributed by atoms with van der Waals surface area (Å²) in [6.07, 6.45) is 1.53. The Morgan fingerprint density at radius 1 is 1.38 bits per heavy atom. The lowest BCUT2D eigenvalue weighted by atomic mass is 10.2. The molecule has 0 radical (unpaired) electrons. The van der Waals surface area contributed by atoms with E-state index in [0.29, 0.717) is 17.0 Å². The van der Waals surface area contributed by atoms with Crippen molar-refractivity contribution >= 4 is 17.4 Å². The summed E-state index contributed by atoms with van der Waals surface area (Å²) in [5.74, 6) is 1.33. The Morgan fingerprint density at radius 2 is 2.19 bits per heavy atom. The van der Waals surface area contributed by atoms with Crippen molar-refractivity contribution in [3.05, 3.63) is 23.6 Å². The van der Waals surface area contributed by atoms with Gasteiger partial charge < -0.3 is 5.32 Å². The lowest BCUT2D eigenvalue weighted by Gasteiger charge is -2.09. The Labute approximate surface area is 98.3 Å². The van der Waals surface area contributed by atoms with E-state index in [2.05, 4.69) is 25.5 Å². The van der Waals surface area contributed by atoms with E-state index in [1.54, 1.807) is 6.07 Å². The van der Waals surface area contributed by atoms with E-state index < -0.39 is 0 Å². The third-order valence-corrected chi connectivity index (χ3v) is 2.10. The van der Waals surface area contributed by atoms with Gasteiger partial charge in [0.15, 0.2) is 5.82 Å². The summed E-state index contributed by atoms with van der Waals surface area (Å²) in [4.78, 5) is 8.24. The smallest absolute Gasteiger partial charge is 0.181 e. The Morgan fingerprint density at radius 3 is 2.81 bits per heavy atom. The molecular weight excluding hydrogens is 226 g/mol. The average Bonchev–Trinajstić information content (AvgIpc) is 2.67. The predicted octanol–water partition coefficient (Wildman–Crippen LogP) is 2.34. The van der Waals surface area contributed by atoms with Gasteiger partial charge in [0.2, 0.25) is 0 Å². The molecule has 0 saturated heterocycles. The number of hydrogen-bond acceptors (Lipinski definition) is 4. The first-order valence-electron chi connectivity index (χ1n) is 4.95. The fourth-order valence-corrected chi connectivity index (χ4v) is 1.55. The van der Waals surface area contributed by atoms with Crippen LogP contribution in [-0.2, 0) is 0 Å². The molecule has 0 saturated carbocycles. The van der Waals surface area contributed by atoms with Gasteiger partial charge in [-0.2, -0.15) is 5.10 Å². The zero-order valence-corrected chi connectivity index (χ0v) is 9.78. The molecule has 0 fully saturated rings. The summed E-state index contributed by atoms with van der Waals surface area (Å²) in [5, 5.41) is 10.3. The highest BCUT2D eigenvalue weighted by Gasteiger charge is 2.07. The van der Waals surface area contributed by atoms with E-state index in [4.69, 9.17) is 11.6 Å². The van der Waals surface area contributed by atoms with Crippen molar-refractivity contribution in [3.63, 3.8) is 0 Å². The topological polar surface area (TPSA) is 66.5 Å². The molecule has 0 aliphatic carbocycles. The summed E-state index contributed by atoms with van der Waals surface area (Å²) in [6.45, 7) is 4.07. The standard InChI is InChI=1S/C10H12ClN5/c1-6(2)14-9-4-7(3-8(11)15-9)10-12-5-13-16-10/h3-6H,1-2H3,(H,14,15)(H,12,13,16). The van der Waals surface area contributed by atoms with E-state index in [0.717, 1.165) is 11.4 Å². The van der Waals surface area contributed by atoms with Crippen LogP contribution in [0.1, 0.15) is 13.8 Å². The maximum absolute atomic E-state index is 5.93. The van der Waals surface area contributed by atoms with E-state index in [1.165, 1.54) is 6.33 Å². The number of hydrogen-bond donors (Lipinski definition) is 2. The number of anilines is 1. The predicted molar refractivity (Wildman–Crippen MR) is 63.4 cm³/mol. The second-order valence-corrected chi connectivity index (χ2v) is 4.07. The molecule has 0 aliphatic rings. The Balaban J connectivity index is 2.36. The second kappa shape index (κ2) is 4.49. The van der Waals surface area contributed by atoms with Crippen molar-refractivity contribution in [2.75, 3.05) is 5.32 Å². The molecule has 0 bridgehead atoms. The second-order valence-electron chi connectivity index (χ2n) is 3.69. The van der Waals surface area contributed by atoms with Crippen LogP contribution < -0.4 is 5.32 Å². The van der Waals surface area contributed by atoms with Crippen LogP contribution in [-0.4, -0.2) is 26.2 Å². The van der Waals surface area contributed by atoms with E-state index >= 15 is 0 Å². The van der Waals surface area contributed by atoms with Crippen LogP contribution in [0.2, 0.25) is 5.15 Å². The number of H-pyrrole nitrogens is 1. The number of nitrogens with zero attached hydrogens (tertiary/aromatic N) is 3. The fourth-order valence-electron chi connectivity index (χ4n) is 1.34. The van der Waals surface area contributed by atoms with Crippen LogP contribution in [0.15, 0.2) is 18.5 Å².